The Morgan fingerprint density at radius 3 is 2.47 bits per heavy atom. The van der Waals surface area contributed by atoms with Crippen LogP contribution in [0.2, 0.25) is 0 Å². The van der Waals surface area contributed by atoms with E-state index in [1.807, 2.05) is 37.7 Å². The molecule has 1 atom stereocenters. The molecule has 1 unspecified atom stereocenters. The average molecular weight is 590 g/mol. The molecule has 0 saturated carbocycles. The van der Waals surface area contributed by atoms with Crippen molar-refractivity contribution in [3.05, 3.63) is 66.5 Å². The molecular formula is C33H37F2N5O3. The van der Waals surface area contributed by atoms with Gasteiger partial charge in [0.05, 0.1) is 23.0 Å². The number of amides is 1. The highest BCUT2D eigenvalue weighted by Gasteiger charge is 2.26. The van der Waals surface area contributed by atoms with E-state index in [0.717, 1.165) is 67.3 Å². The number of ether oxygens (including phenoxy) is 2. The molecule has 4 aromatic rings. The zero-order chi connectivity index (χ0) is 30.1. The molecule has 8 nitrogen and oxygen atoms in total. The van der Waals surface area contributed by atoms with Crippen molar-refractivity contribution in [2.24, 2.45) is 0 Å². The van der Waals surface area contributed by atoms with Gasteiger partial charge < -0.3 is 19.7 Å². The highest BCUT2D eigenvalue weighted by molar-refractivity contribution is 5.96. The summed E-state index contributed by atoms with van der Waals surface area (Å²) in [5.41, 5.74) is 3.10. The van der Waals surface area contributed by atoms with E-state index in [9.17, 15) is 13.6 Å². The summed E-state index contributed by atoms with van der Waals surface area (Å²) < 4.78 is 42.9. The molecule has 0 aliphatic carbocycles. The first kappa shape index (κ1) is 29.0. The third-order valence-electron chi connectivity index (χ3n) is 7.96. The third kappa shape index (κ3) is 6.34. The molecule has 2 aromatic heterocycles. The van der Waals surface area contributed by atoms with E-state index in [1.54, 1.807) is 18.3 Å². The van der Waals surface area contributed by atoms with E-state index in [2.05, 4.69) is 21.3 Å². The van der Waals surface area contributed by atoms with Crippen LogP contribution in [0, 0.1) is 11.6 Å². The second-order valence-electron chi connectivity index (χ2n) is 12.3. The number of benzene rings is 2. The fourth-order valence-electron chi connectivity index (χ4n) is 5.91. The van der Waals surface area contributed by atoms with Crippen LogP contribution in [-0.4, -0.2) is 52.2 Å². The fourth-order valence-corrected chi connectivity index (χ4v) is 5.91. The largest absolute Gasteiger partial charge is 0.444 e. The molecule has 2 saturated heterocycles. The van der Waals surface area contributed by atoms with Gasteiger partial charge in [-0.15, -0.1) is 0 Å². The maximum Gasteiger partial charge on any atom is 0.407 e. The summed E-state index contributed by atoms with van der Waals surface area (Å²) in [6.45, 7) is 7.70. The molecule has 0 radical (unpaired) electrons. The Morgan fingerprint density at radius 1 is 1.00 bits per heavy atom. The Labute approximate surface area is 250 Å². The predicted octanol–water partition coefficient (Wildman–Crippen LogP) is 7.24. The smallest absolute Gasteiger partial charge is 0.407 e. The van der Waals surface area contributed by atoms with Crippen LogP contribution in [0.15, 0.2) is 54.9 Å². The lowest BCUT2D eigenvalue weighted by Gasteiger charge is -2.34. The lowest BCUT2D eigenvalue weighted by molar-refractivity contribution is -0.0365. The van der Waals surface area contributed by atoms with Gasteiger partial charge in [-0.3, -0.25) is 4.98 Å². The van der Waals surface area contributed by atoms with Gasteiger partial charge in [0, 0.05) is 42.9 Å². The van der Waals surface area contributed by atoms with Crippen molar-refractivity contribution in [3.8, 4) is 22.4 Å². The molecular weight excluding hydrogens is 552 g/mol. The van der Waals surface area contributed by atoms with Crippen molar-refractivity contribution < 1.29 is 23.0 Å². The molecule has 1 N–H and O–H groups in total. The number of pyridine rings is 1. The molecule has 2 fully saturated rings. The summed E-state index contributed by atoms with van der Waals surface area (Å²) in [5, 5.41) is 8.76. The van der Waals surface area contributed by atoms with Gasteiger partial charge in [-0.2, -0.15) is 5.10 Å². The third-order valence-corrected chi connectivity index (χ3v) is 7.96. The van der Waals surface area contributed by atoms with Crippen molar-refractivity contribution in [3.63, 3.8) is 0 Å². The number of piperidine rings is 1. The zero-order valence-corrected chi connectivity index (χ0v) is 24.8. The van der Waals surface area contributed by atoms with Crippen molar-refractivity contribution in [1.82, 2.24) is 20.1 Å². The van der Waals surface area contributed by atoms with Gasteiger partial charge in [0.1, 0.15) is 22.9 Å². The van der Waals surface area contributed by atoms with Crippen LogP contribution in [-0.2, 0) is 9.47 Å². The molecule has 2 aliphatic heterocycles. The van der Waals surface area contributed by atoms with E-state index in [-0.39, 0.29) is 17.8 Å². The highest BCUT2D eigenvalue weighted by atomic mass is 19.1. The Morgan fingerprint density at radius 2 is 1.77 bits per heavy atom. The van der Waals surface area contributed by atoms with E-state index < -0.39 is 23.3 Å². The van der Waals surface area contributed by atoms with E-state index in [0.29, 0.717) is 17.9 Å². The van der Waals surface area contributed by atoms with Crippen LogP contribution < -0.4 is 10.2 Å². The lowest BCUT2D eigenvalue weighted by Crippen LogP contribution is -2.46. The van der Waals surface area contributed by atoms with Crippen molar-refractivity contribution >= 4 is 22.7 Å². The first-order chi connectivity index (χ1) is 20.7. The summed E-state index contributed by atoms with van der Waals surface area (Å²) >= 11 is 0. The molecule has 4 heterocycles. The highest BCUT2D eigenvalue weighted by Crippen LogP contribution is 2.37. The van der Waals surface area contributed by atoms with Gasteiger partial charge in [0.2, 0.25) is 0 Å². The quantitative estimate of drug-likeness (QED) is 0.264. The average Bonchev–Trinajstić information content (AvgIpc) is 3.36. The van der Waals surface area contributed by atoms with Crippen molar-refractivity contribution in [1.29, 1.82) is 0 Å². The second kappa shape index (κ2) is 11.9. The normalized spacial score (nSPS) is 18.2. The van der Waals surface area contributed by atoms with Gasteiger partial charge in [-0.05, 0) is 88.8 Å². The molecule has 1 amide bonds. The van der Waals surface area contributed by atoms with Gasteiger partial charge in [0.15, 0.2) is 6.23 Å². The van der Waals surface area contributed by atoms with E-state index in [1.165, 1.54) is 18.2 Å². The molecule has 10 heteroatoms. The van der Waals surface area contributed by atoms with E-state index >= 15 is 0 Å². The molecule has 2 aliphatic rings. The maximum atomic E-state index is 14.8. The van der Waals surface area contributed by atoms with Gasteiger partial charge in [0.25, 0.3) is 0 Å². The first-order valence-electron chi connectivity index (χ1n) is 14.9. The van der Waals surface area contributed by atoms with E-state index in [4.69, 9.17) is 14.6 Å². The minimum absolute atomic E-state index is 0.0366. The number of nitrogens with zero attached hydrogens (tertiary/aromatic N) is 4. The van der Waals surface area contributed by atoms with Gasteiger partial charge >= 0.3 is 6.09 Å². The number of hydrogen-bond acceptors (Lipinski definition) is 6. The van der Waals surface area contributed by atoms with Crippen LogP contribution in [0.1, 0.15) is 59.1 Å². The van der Waals surface area contributed by atoms with Crippen LogP contribution in [0.3, 0.4) is 0 Å². The number of carbonyl (C=O) groups is 1. The zero-order valence-electron chi connectivity index (χ0n) is 24.8. The molecule has 6 rings (SSSR count). The summed E-state index contributed by atoms with van der Waals surface area (Å²) in [7, 11) is 0. The number of rotatable bonds is 5. The number of hydrogen-bond donors (Lipinski definition) is 1. The number of halogens is 2. The first-order valence-corrected chi connectivity index (χ1v) is 14.9. The van der Waals surface area contributed by atoms with Gasteiger partial charge in [-0.25, -0.2) is 18.3 Å². The summed E-state index contributed by atoms with van der Waals surface area (Å²) in [6.07, 6.45) is 7.42. The fraction of sp³-hybridized carbons (Fsp3) is 0.424. The molecule has 43 heavy (non-hydrogen) atoms. The SMILES string of the molecule is CC(C)(C)OC(=O)NC1CCN(c2cncc(-c3nn(C4CCCCO4)c4ccc(-c5c(F)cccc5F)cc34)c2)CC1. The lowest BCUT2D eigenvalue weighted by atomic mass is 10.00. The number of fused-ring (bicyclic) bond motifs is 1. The number of nitrogens with one attached hydrogen (secondary N) is 1. The number of carbonyl (C=O) groups excluding carboxylic acids is 1. The van der Waals surface area contributed by atoms with Crippen molar-refractivity contribution in [2.75, 3.05) is 24.6 Å². The molecule has 0 spiro atoms. The van der Waals surface area contributed by atoms with Crippen LogP contribution in [0.25, 0.3) is 33.3 Å². The summed E-state index contributed by atoms with van der Waals surface area (Å²) in [6, 6.07) is 11.4. The maximum absolute atomic E-state index is 14.8. The number of alkyl carbamates (subject to hydrolysis) is 1. The number of aromatic nitrogens is 3. The Balaban J connectivity index is 1.31. The van der Waals surface area contributed by atoms with Gasteiger partial charge in [-0.1, -0.05) is 12.1 Å². The molecule has 2 aromatic carbocycles. The standard InChI is InChI=1S/C33H37F2N5O3/c1-33(2,3)43-32(41)37-23-12-14-39(15-13-23)24-17-22(19-36-20-24)31-25-18-21(30-26(34)7-6-8-27(30)35)10-11-28(25)40(38-31)29-9-4-5-16-42-29/h6-8,10-11,17-20,23,29H,4-5,9,12-16H2,1-3H3,(H,37,41). The monoisotopic (exact) mass is 589 g/mol. The minimum Gasteiger partial charge on any atom is -0.444 e. The number of anilines is 1. The Kier molecular flexibility index (Phi) is 8.05. The minimum atomic E-state index is -0.614. The summed E-state index contributed by atoms with van der Waals surface area (Å²) in [4.78, 5) is 19.0. The molecule has 226 valence electrons. The Hall–Kier alpha value is -4.05. The van der Waals surface area contributed by atoms with Crippen LogP contribution >= 0.6 is 0 Å². The predicted molar refractivity (Wildman–Crippen MR) is 162 cm³/mol. The Bertz CT molecular complexity index is 1600. The van der Waals surface area contributed by atoms with Crippen LogP contribution in [0.4, 0.5) is 19.3 Å². The topological polar surface area (TPSA) is 81.5 Å². The summed E-state index contributed by atoms with van der Waals surface area (Å²) in [5.74, 6) is -1.23. The molecule has 0 bridgehead atoms. The van der Waals surface area contributed by atoms with Crippen molar-refractivity contribution in [2.45, 2.75) is 70.7 Å². The van der Waals surface area contributed by atoms with Crippen LogP contribution in [0.5, 0.6) is 0 Å². The second-order valence-corrected chi connectivity index (χ2v) is 12.3.